The van der Waals surface area contributed by atoms with E-state index in [0.717, 1.165) is 5.69 Å². The molecular weight excluding hydrogens is 166 g/mol. The molecule has 4 heteroatoms. The van der Waals surface area contributed by atoms with Crippen LogP contribution in [0.25, 0.3) is 0 Å². The predicted molar refractivity (Wildman–Crippen MR) is 49.4 cm³/mol. The molecule has 1 aromatic carbocycles. The van der Waals surface area contributed by atoms with Crippen molar-refractivity contribution in [2.24, 2.45) is 0 Å². The normalized spacial score (nSPS) is 9.85. The molecule has 0 aliphatic heterocycles. The highest BCUT2D eigenvalue weighted by Gasteiger charge is 1.97. The highest BCUT2D eigenvalue weighted by Crippen LogP contribution is 2.09. The Hall–Kier alpha value is -1.97. The Bertz CT molecular complexity index is 383. The third kappa shape index (κ3) is 1.61. The van der Waals surface area contributed by atoms with Gasteiger partial charge in [0.05, 0.1) is 11.9 Å². The van der Waals surface area contributed by atoms with Gasteiger partial charge in [-0.25, -0.2) is 0 Å². The van der Waals surface area contributed by atoms with E-state index in [4.69, 9.17) is 0 Å². The van der Waals surface area contributed by atoms with Gasteiger partial charge in [0.2, 0.25) is 5.88 Å². The molecule has 0 bridgehead atoms. The number of hydrogen-bond acceptors (Lipinski definition) is 3. The number of rotatable bonds is 2. The zero-order valence-electron chi connectivity index (χ0n) is 6.88. The van der Waals surface area contributed by atoms with Crippen LogP contribution in [0.1, 0.15) is 0 Å². The van der Waals surface area contributed by atoms with Crippen molar-refractivity contribution in [3.63, 3.8) is 0 Å². The molecule has 0 aliphatic rings. The first-order chi connectivity index (χ1) is 6.36. The topological polar surface area (TPSA) is 50.1 Å². The SMILES string of the molecule is Oc1ccnn1Nc1ccccc1. The van der Waals surface area contributed by atoms with Gasteiger partial charge in [0, 0.05) is 6.07 Å². The van der Waals surface area contributed by atoms with Gasteiger partial charge in [0.25, 0.3) is 0 Å². The third-order valence-corrected chi connectivity index (χ3v) is 1.63. The average Bonchev–Trinajstić information content (AvgIpc) is 2.54. The minimum absolute atomic E-state index is 0.0869. The van der Waals surface area contributed by atoms with Gasteiger partial charge < -0.3 is 5.11 Å². The number of nitrogens with zero attached hydrogens (tertiary/aromatic N) is 2. The second kappa shape index (κ2) is 3.18. The largest absolute Gasteiger partial charge is 0.492 e. The van der Waals surface area contributed by atoms with Crippen LogP contribution in [0, 0.1) is 0 Å². The molecule has 0 radical (unpaired) electrons. The molecule has 0 unspecified atom stereocenters. The molecule has 0 spiro atoms. The van der Waals surface area contributed by atoms with Crippen LogP contribution in [-0.4, -0.2) is 15.0 Å². The maximum absolute atomic E-state index is 9.25. The van der Waals surface area contributed by atoms with Gasteiger partial charge in [-0.3, -0.25) is 5.43 Å². The Labute approximate surface area is 75.4 Å². The van der Waals surface area contributed by atoms with Crippen molar-refractivity contribution < 1.29 is 5.11 Å². The van der Waals surface area contributed by atoms with Gasteiger partial charge in [-0.05, 0) is 12.1 Å². The van der Waals surface area contributed by atoms with Gasteiger partial charge in [0.1, 0.15) is 0 Å². The van der Waals surface area contributed by atoms with Crippen LogP contribution in [0.5, 0.6) is 5.88 Å². The lowest BCUT2D eigenvalue weighted by molar-refractivity contribution is 0.425. The molecule has 0 atom stereocenters. The van der Waals surface area contributed by atoms with Crippen LogP contribution in [0.4, 0.5) is 5.69 Å². The number of aromatic nitrogens is 2. The van der Waals surface area contributed by atoms with Crippen molar-refractivity contribution in [2.45, 2.75) is 0 Å². The number of hydrogen-bond donors (Lipinski definition) is 2. The minimum Gasteiger partial charge on any atom is -0.492 e. The lowest BCUT2D eigenvalue weighted by Gasteiger charge is -2.05. The van der Waals surface area contributed by atoms with E-state index in [2.05, 4.69) is 10.5 Å². The van der Waals surface area contributed by atoms with Gasteiger partial charge in [-0.2, -0.15) is 5.10 Å². The van der Waals surface area contributed by atoms with E-state index in [1.807, 2.05) is 30.3 Å². The molecule has 0 saturated carbocycles. The van der Waals surface area contributed by atoms with Crippen LogP contribution in [0.15, 0.2) is 42.6 Å². The number of aromatic hydroxyl groups is 1. The third-order valence-electron chi connectivity index (χ3n) is 1.63. The summed E-state index contributed by atoms with van der Waals surface area (Å²) in [5.74, 6) is 0.0869. The molecule has 0 saturated heterocycles. The highest BCUT2D eigenvalue weighted by molar-refractivity contribution is 5.42. The molecule has 1 aromatic heterocycles. The Morgan fingerprint density at radius 1 is 1.15 bits per heavy atom. The summed E-state index contributed by atoms with van der Waals surface area (Å²) in [6.07, 6.45) is 1.52. The van der Waals surface area contributed by atoms with Crippen LogP contribution < -0.4 is 5.43 Å². The van der Waals surface area contributed by atoms with Crippen molar-refractivity contribution in [3.8, 4) is 5.88 Å². The second-order valence-corrected chi connectivity index (χ2v) is 2.58. The van der Waals surface area contributed by atoms with E-state index < -0.39 is 0 Å². The summed E-state index contributed by atoms with van der Waals surface area (Å²) < 4.78 is 0. The highest BCUT2D eigenvalue weighted by atomic mass is 16.3. The van der Waals surface area contributed by atoms with Crippen molar-refractivity contribution in [3.05, 3.63) is 42.6 Å². The Kier molecular flexibility index (Phi) is 1.88. The summed E-state index contributed by atoms with van der Waals surface area (Å²) in [7, 11) is 0. The first kappa shape index (κ1) is 7.67. The van der Waals surface area contributed by atoms with Gasteiger partial charge in [-0.15, -0.1) is 4.79 Å². The maximum atomic E-state index is 9.25. The van der Waals surface area contributed by atoms with Gasteiger partial charge >= 0.3 is 0 Å². The van der Waals surface area contributed by atoms with Crippen molar-refractivity contribution >= 4 is 5.69 Å². The molecule has 0 aliphatic carbocycles. The summed E-state index contributed by atoms with van der Waals surface area (Å²) in [4.78, 5) is 1.30. The average molecular weight is 175 g/mol. The Balaban J connectivity index is 2.20. The zero-order valence-corrected chi connectivity index (χ0v) is 6.88. The maximum Gasteiger partial charge on any atom is 0.230 e. The van der Waals surface area contributed by atoms with Gasteiger partial charge in [-0.1, -0.05) is 18.2 Å². The molecule has 0 fully saturated rings. The molecule has 13 heavy (non-hydrogen) atoms. The summed E-state index contributed by atoms with van der Waals surface area (Å²) >= 11 is 0. The summed E-state index contributed by atoms with van der Waals surface area (Å²) in [6.45, 7) is 0. The quantitative estimate of drug-likeness (QED) is 0.726. The Morgan fingerprint density at radius 2 is 1.92 bits per heavy atom. The van der Waals surface area contributed by atoms with E-state index in [0.29, 0.717) is 0 Å². The van der Waals surface area contributed by atoms with E-state index >= 15 is 0 Å². The molecular formula is C9H9N3O. The van der Waals surface area contributed by atoms with E-state index in [9.17, 15) is 5.11 Å². The molecule has 2 N–H and O–H groups in total. The standard InChI is InChI=1S/C9H9N3O/c13-9-6-7-10-12(9)11-8-4-2-1-3-5-8/h1-7,11,13H. The number of para-hydroxylation sites is 1. The second-order valence-electron chi connectivity index (χ2n) is 2.58. The van der Waals surface area contributed by atoms with Crippen molar-refractivity contribution in [1.29, 1.82) is 0 Å². The number of anilines is 1. The predicted octanol–water partition coefficient (Wildman–Crippen LogP) is 1.46. The molecule has 2 rings (SSSR count). The first-order valence-electron chi connectivity index (χ1n) is 3.91. The molecule has 66 valence electrons. The molecule has 0 amide bonds. The summed E-state index contributed by atoms with van der Waals surface area (Å²) in [5, 5.41) is 13.1. The zero-order chi connectivity index (χ0) is 9.10. The molecule has 2 aromatic rings. The van der Waals surface area contributed by atoms with E-state index in [-0.39, 0.29) is 5.88 Å². The lowest BCUT2D eigenvalue weighted by atomic mass is 10.3. The summed E-state index contributed by atoms with van der Waals surface area (Å²) in [5.41, 5.74) is 3.78. The van der Waals surface area contributed by atoms with Gasteiger partial charge in [0.15, 0.2) is 0 Å². The fraction of sp³-hybridized carbons (Fsp3) is 0. The molecule has 4 nitrogen and oxygen atoms in total. The van der Waals surface area contributed by atoms with E-state index in [1.165, 1.54) is 17.1 Å². The van der Waals surface area contributed by atoms with Crippen LogP contribution in [0.3, 0.4) is 0 Å². The monoisotopic (exact) mass is 175 g/mol. The van der Waals surface area contributed by atoms with Crippen LogP contribution >= 0.6 is 0 Å². The molecule has 1 heterocycles. The van der Waals surface area contributed by atoms with E-state index in [1.54, 1.807) is 0 Å². The summed E-state index contributed by atoms with van der Waals surface area (Å²) in [6, 6.07) is 11.0. The van der Waals surface area contributed by atoms with Crippen molar-refractivity contribution in [2.75, 3.05) is 5.43 Å². The minimum atomic E-state index is 0.0869. The number of nitrogens with one attached hydrogen (secondary N) is 1. The van der Waals surface area contributed by atoms with Crippen molar-refractivity contribution in [1.82, 2.24) is 9.89 Å². The van der Waals surface area contributed by atoms with Crippen LogP contribution in [0.2, 0.25) is 0 Å². The first-order valence-corrected chi connectivity index (χ1v) is 3.91. The smallest absolute Gasteiger partial charge is 0.230 e. The fourth-order valence-electron chi connectivity index (χ4n) is 1.02. The number of benzene rings is 1. The Morgan fingerprint density at radius 3 is 2.54 bits per heavy atom. The fourth-order valence-corrected chi connectivity index (χ4v) is 1.02. The lowest BCUT2D eigenvalue weighted by Crippen LogP contribution is -2.09. The van der Waals surface area contributed by atoms with Crippen LogP contribution in [-0.2, 0) is 0 Å².